The summed E-state index contributed by atoms with van der Waals surface area (Å²) in [7, 11) is 0. The summed E-state index contributed by atoms with van der Waals surface area (Å²) in [5, 5.41) is 6.84. The van der Waals surface area contributed by atoms with E-state index in [1.165, 1.54) is 0 Å². The molecule has 0 saturated heterocycles. The van der Waals surface area contributed by atoms with Crippen LogP contribution in [0, 0.1) is 6.92 Å². The minimum atomic E-state index is -0.812. The van der Waals surface area contributed by atoms with Gasteiger partial charge in [0.2, 0.25) is 5.91 Å². The van der Waals surface area contributed by atoms with Crippen LogP contribution in [0.4, 0.5) is 5.69 Å². The lowest BCUT2D eigenvalue weighted by atomic mass is 10.1. The average molecular weight is 363 g/mol. The first-order valence-electron chi connectivity index (χ1n) is 9.00. The zero-order valence-electron chi connectivity index (χ0n) is 15.0. The fraction of sp³-hybridized carbons (Fsp3) is 0.238. The predicted molar refractivity (Wildman–Crippen MR) is 104 cm³/mol. The number of hydrogen-bond acceptors (Lipinski definition) is 3. The monoisotopic (exact) mass is 363 g/mol. The van der Waals surface area contributed by atoms with Gasteiger partial charge in [-0.15, -0.1) is 0 Å². The fourth-order valence-corrected chi connectivity index (χ4v) is 3.31. The van der Waals surface area contributed by atoms with Crippen LogP contribution in [0.15, 0.2) is 48.7 Å². The van der Waals surface area contributed by atoms with Crippen molar-refractivity contribution in [3.63, 3.8) is 0 Å². The van der Waals surface area contributed by atoms with Crippen molar-refractivity contribution < 1.29 is 14.3 Å². The molecule has 0 aliphatic carbocycles. The first-order valence-corrected chi connectivity index (χ1v) is 9.00. The summed E-state index contributed by atoms with van der Waals surface area (Å²) in [6, 6.07) is 13.6. The zero-order chi connectivity index (χ0) is 18.8. The zero-order valence-corrected chi connectivity index (χ0v) is 15.0. The number of H-pyrrole nitrogens is 1. The molecule has 0 spiro atoms. The predicted octanol–water partition coefficient (Wildman–Crippen LogP) is 2.92. The molecule has 27 heavy (non-hydrogen) atoms. The molecule has 6 heteroatoms. The molecule has 3 N–H and O–H groups in total. The van der Waals surface area contributed by atoms with Crippen LogP contribution < -0.4 is 15.4 Å². The molecule has 1 atom stereocenters. The van der Waals surface area contributed by atoms with Gasteiger partial charge in [-0.25, -0.2) is 0 Å². The van der Waals surface area contributed by atoms with Crippen molar-refractivity contribution in [2.75, 3.05) is 11.9 Å². The van der Waals surface area contributed by atoms with Crippen LogP contribution in [0.2, 0.25) is 0 Å². The number of carbonyl (C=O) groups excluding carboxylic acids is 2. The quantitative estimate of drug-likeness (QED) is 0.652. The summed E-state index contributed by atoms with van der Waals surface area (Å²) in [5.41, 5.74) is 3.92. The first kappa shape index (κ1) is 17.1. The maximum Gasteiger partial charge on any atom is 0.266 e. The van der Waals surface area contributed by atoms with Crippen LogP contribution in [-0.4, -0.2) is 29.4 Å². The number of hydrogen-bond donors (Lipinski definition) is 3. The standard InChI is InChI=1S/C21H21N3O3/c1-13-6-7-18-17(10-13)24-21(26)19(27-18)11-20(25)22-9-8-14-12-23-16-5-3-2-4-15(14)16/h2-7,10,12,19,23H,8-9,11H2,1H3,(H,22,25)(H,24,26). The third-order valence-electron chi connectivity index (χ3n) is 4.72. The van der Waals surface area contributed by atoms with Crippen molar-refractivity contribution >= 4 is 28.4 Å². The van der Waals surface area contributed by atoms with Crippen LogP contribution in [0.1, 0.15) is 17.5 Å². The molecule has 1 aromatic heterocycles. The molecule has 1 aliphatic rings. The Morgan fingerprint density at radius 3 is 2.96 bits per heavy atom. The number of aryl methyl sites for hydroxylation is 1. The highest BCUT2D eigenvalue weighted by molar-refractivity contribution is 6.00. The van der Waals surface area contributed by atoms with E-state index < -0.39 is 6.10 Å². The molecule has 0 fully saturated rings. The summed E-state index contributed by atoms with van der Waals surface area (Å²) < 4.78 is 5.70. The van der Waals surface area contributed by atoms with Crippen LogP contribution in [0.5, 0.6) is 5.75 Å². The van der Waals surface area contributed by atoms with Crippen molar-refractivity contribution in [3.8, 4) is 5.75 Å². The van der Waals surface area contributed by atoms with Gasteiger partial charge in [-0.1, -0.05) is 24.3 Å². The van der Waals surface area contributed by atoms with Crippen molar-refractivity contribution in [3.05, 3.63) is 59.8 Å². The van der Waals surface area contributed by atoms with E-state index in [-0.39, 0.29) is 18.2 Å². The van der Waals surface area contributed by atoms with Gasteiger partial charge in [-0.05, 0) is 42.7 Å². The molecule has 138 valence electrons. The smallest absolute Gasteiger partial charge is 0.266 e. The normalized spacial score (nSPS) is 15.7. The summed E-state index contributed by atoms with van der Waals surface area (Å²) in [6.07, 6.45) is 1.86. The van der Waals surface area contributed by atoms with E-state index in [4.69, 9.17) is 4.74 Å². The van der Waals surface area contributed by atoms with Gasteiger partial charge in [0, 0.05) is 23.6 Å². The molecule has 1 aliphatic heterocycles. The van der Waals surface area contributed by atoms with Gasteiger partial charge in [0.1, 0.15) is 5.75 Å². The molecule has 0 saturated carbocycles. The Morgan fingerprint density at radius 1 is 1.22 bits per heavy atom. The number of carbonyl (C=O) groups is 2. The highest BCUT2D eigenvalue weighted by Crippen LogP contribution is 2.31. The van der Waals surface area contributed by atoms with Gasteiger partial charge in [0.05, 0.1) is 12.1 Å². The van der Waals surface area contributed by atoms with Crippen molar-refractivity contribution in [2.24, 2.45) is 0 Å². The molecule has 2 aromatic carbocycles. The Labute approximate surface area is 156 Å². The van der Waals surface area contributed by atoms with Gasteiger partial charge in [-0.3, -0.25) is 9.59 Å². The lowest BCUT2D eigenvalue weighted by Gasteiger charge is -2.25. The van der Waals surface area contributed by atoms with Crippen molar-refractivity contribution in [2.45, 2.75) is 25.9 Å². The van der Waals surface area contributed by atoms with Crippen molar-refractivity contribution in [1.82, 2.24) is 10.3 Å². The Kier molecular flexibility index (Phi) is 4.54. The van der Waals surface area contributed by atoms with Gasteiger partial charge >= 0.3 is 0 Å². The van der Waals surface area contributed by atoms with Gasteiger partial charge in [0.15, 0.2) is 6.10 Å². The molecular weight excluding hydrogens is 342 g/mol. The third-order valence-corrected chi connectivity index (χ3v) is 4.72. The van der Waals surface area contributed by atoms with Gasteiger partial charge in [-0.2, -0.15) is 0 Å². The summed E-state index contributed by atoms with van der Waals surface area (Å²) in [6.45, 7) is 2.45. The number of aromatic amines is 1. The second kappa shape index (κ2) is 7.15. The van der Waals surface area contributed by atoms with Gasteiger partial charge in [0.25, 0.3) is 5.91 Å². The number of ether oxygens (including phenoxy) is 1. The molecule has 4 rings (SSSR count). The molecule has 1 unspecified atom stereocenters. The second-order valence-corrected chi connectivity index (χ2v) is 6.76. The van der Waals surface area contributed by atoms with E-state index in [1.807, 2.05) is 49.5 Å². The maximum absolute atomic E-state index is 12.2. The number of nitrogens with one attached hydrogen (secondary N) is 3. The van der Waals surface area contributed by atoms with E-state index >= 15 is 0 Å². The van der Waals surface area contributed by atoms with Crippen molar-refractivity contribution in [1.29, 1.82) is 0 Å². The largest absolute Gasteiger partial charge is 0.478 e. The number of rotatable bonds is 5. The highest BCUT2D eigenvalue weighted by atomic mass is 16.5. The molecule has 0 radical (unpaired) electrons. The van der Waals surface area contributed by atoms with Gasteiger partial charge < -0.3 is 20.4 Å². The molecule has 3 aromatic rings. The van der Waals surface area contributed by atoms with E-state index in [2.05, 4.69) is 21.7 Å². The van der Waals surface area contributed by atoms with E-state index in [0.717, 1.165) is 28.5 Å². The molecule has 2 amide bonds. The Morgan fingerprint density at radius 2 is 2.07 bits per heavy atom. The number of para-hydroxylation sites is 1. The number of amides is 2. The molecule has 0 bridgehead atoms. The maximum atomic E-state index is 12.2. The van der Waals surface area contributed by atoms with Crippen LogP contribution in [-0.2, 0) is 16.0 Å². The van der Waals surface area contributed by atoms with Crippen LogP contribution >= 0.6 is 0 Å². The Bertz CT molecular complexity index is 1010. The second-order valence-electron chi connectivity index (χ2n) is 6.76. The number of aromatic nitrogens is 1. The van der Waals surface area contributed by atoms with Crippen LogP contribution in [0.3, 0.4) is 0 Å². The average Bonchev–Trinajstić information content (AvgIpc) is 3.06. The highest BCUT2D eigenvalue weighted by Gasteiger charge is 2.29. The van der Waals surface area contributed by atoms with E-state index in [0.29, 0.717) is 18.0 Å². The fourth-order valence-electron chi connectivity index (χ4n) is 3.31. The SMILES string of the molecule is Cc1ccc2c(c1)NC(=O)C(CC(=O)NCCc1c[nH]c3ccccc13)O2. The Balaban J connectivity index is 1.32. The number of benzene rings is 2. The molecular formula is C21H21N3O3. The minimum absolute atomic E-state index is 0.00691. The van der Waals surface area contributed by atoms with Crippen LogP contribution in [0.25, 0.3) is 10.9 Å². The number of anilines is 1. The Hall–Kier alpha value is -3.28. The third kappa shape index (κ3) is 3.65. The molecule has 6 nitrogen and oxygen atoms in total. The lowest BCUT2D eigenvalue weighted by Crippen LogP contribution is -2.41. The molecule has 2 heterocycles. The summed E-state index contributed by atoms with van der Waals surface area (Å²) in [4.78, 5) is 27.7. The lowest BCUT2D eigenvalue weighted by molar-refractivity contribution is -0.130. The minimum Gasteiger partial charge on any atom is -0.478 e. The summed E-state index contributed by atoms with van der Waals surface area (Å²) >= 11 is 0. The first-order chi connectivity index (χ1) is 13.1. The van der Waals surface area contributed by atoms with E-state index in [1.54, 1.807) is 0 Å². The summed E-state index contributed by atoms with van der Waals surface area (Å²) in [5.74, 6) is 0.0993. The number of fused-ring (bicyclic) bond motifs is 2. The van der Waals surface area contributed by atoms with E-state index in [9.17, 15) is 9.59 Å². The topological polar surface area (TPSA) is 83.2 Å².